The molecule has 0 heterocycles. The number of aliphatic carboxylic acids is 2. The van der Waals surface area contributed by atoms with Gasteiger partial charge in [0.2, 0.25) is 0 Å². The highest BCUT2D eigenvalue weighted by molar-refractivity contribution is 5.83. The average Bonchev–Trinajstić information content (AvgIpc) is 3.37. The third-order valence-corrected chi connectivity index (χ3v) is 15.8. The number of hydrogen-bond acceptors (Lipinski definition) is 6. The molecule has 0 aromatic heterocycles. The molecule has 72 heavy (non-hydrogen) atoms. The Labute approximate surface area is 447 Å². The summed E-state index contributed by atoms with van der Waals surface area (Å²) in [5, 5.41) is 32.5. The summed E-state index contributed by atoms with van der Waals surface area (Å²) in [6.45, 7) is 21.8. The maximum Gasteiger partial charge on any atom is 0.335 e. The van der Waals surface area contributed by atoms with Gasteiger partial charge in [0.25, 0.3) is 0 Å². The van der Waals surface area contributed by atoms with Crippen LogP contribution in [0.1, 0.15) is 323 Å². The molecule has 1 aromatic carbocycles. The molecule has 0 aliphatic carbocycles. The van der Waals surface area contributed by atoms with Gasteiger partial charge in [-0.05, 0) is 64.5 Å². The largest absolute Gasteiger partial charge is 0.479 e. The number of aliphatic hydroxyl groups excluding tert-OH is 2. The van der Waals surface area contributed by atoms with Gasteiger partial charge >= 0.3 is 11.9 Å². The second-order valence-corrected chi connectivity index (χ2v) is 22.5. The molecule has 0 aliphatic rings. The maximum absolute atomic E-state index is 9.77. The second kappa shape index (κ2) is 49.9. The number of carbonyl (C=O) groups is 2. The smallest absolute Gasteiger partial charge is 0.335 e. The van der Waals surface area contributed by atoms with E-state index in [0.29, 0.717) is 24.2 Å². The Morgan fingerprint density at radius 2 is 0.528 bits per heavy atom. The molecule has 0 fully saturated rings. The Hall–Kier alpha value is -2.00. The lowest BCUT2D eigenvalue weighted by Gasteiger charge is -2.38. The summed E-state index contributed by atoms with van der Waals surface area (Å²) in [6.07, 6.45) is 52.0. The van der Waals surface area contributed by atoms with Crippen molar-refractivity contribution in [1.82, 2.24) is 9.80 Å². The predicted molar refractivity (Wildman–Crippen MR) is 310 cm³/mol. The minimum atomic E-state index is -2.27. The van der Waals surface area contributed by atoms with Crippen molar-refractivity contribution in [3.8, 4) is 0 Å². The van der Waals surface area contributed by atoms with E-state index in [2.05, 4.69) is 89.5 Å². The van der Waals surface area contributed by atoms with E-state index in [1.807, 2.05) is 0 Å². The monoisotopic (exact) mass is 1010 g/mol. The summed E-state index contributed by atoms with van der Waals surface area (Å²) in [7, 11) is 0. The Morgan fingerprint density at radius 1 is 0.347 bits per heavy atom. The minimum absolute atomic E-state index is 0.633. The van der Waals surface area contributed by atoms with Crippen molar-refractivity contribution in [1.29, 1.82) is 0 Å². The number of benzene rings is 1. The number of unbranched alkanes of at least 4 members (excludes halogenated alkanes) is 32. The summed E-state index contributed by atoms with van der Waals surface area (Å²) in [5.74, 6) is -3.54. The maximum atomic E-state index is 9.77. The van der Waals surface area contributed by atoms with Crippen molar-refractivity contribution in [2.45, 2.75) is 362 Å². The first kappa shape index (κ1) is 70.0. The quantitative estimate of drug-likeness (QED) is 0.0476. The molecular weight excluding hydrogens is 893 g/mol. The summed E-state index contributed by atoms with van der Waals surface area (Å²) in [5.41, 5.74) is 3.20. The molecule has 0 amide bonds. The molecular formula is C64H122N2O6. The highest BCUT2D eigenvalue weighted by Gasteiger charge is 2.29. The number of carboxylic acids is 2. The van der Waals surface area contributed by atoms with Crippen LogP contribution in [-0.4, -0.2) is 78.5 Å². The Morgan fingerprint density at radius 3 is 0.708 bits per heavy atom. The van der Waals surface area contributed by atoms with Crippen LogP contribution in [0.4, 0.5) is 0 Å². The summed E-state index contributed by atoms with van der Waals surface area (Å²) < 4.78 is 0. The van der Waals surface area contributed by atoms with Gasteiger partial charge in [0, 0.05) is 37.3 Å². The number of hydrogen-bond donors (Lipinski definition) is 4. The fourth-order valence-electron chi connectivity index (χ4n) is 10.7. The van der Waals surface area contributed by atoms with Crippen molar-refractivity contribution >= 4 is 11.9 Å². The highest BCUT2D eigenvalue weighted by Crippen LogP contribution is 2.27. The van der Waals surface area contributed by atoms with Gasteiger partial charge in [0.05, 0.1) is 0 Å². The fraction of sp³-hybridized carbons (Fsp3) is 0.875. The normalized spacial score (nSPS) is 14.2. The standard InChI is InChI=1S/C60H116N2.C4H6O6/c1-9-13-17-21-25-29-33-37-41-47-55(5)61(56(6)48-42-38-34-30-26-22-18-14-10-2)53-59-51-45-46-52-60(59)54-62(57(7)49-43-39-35-31-27-23-19-15-11-3)58(8)50-44-40-36-32-28-24-20-16-12-4;5-1(3(7)8)2(6)4(9)10/h45-46,51-52,55-58H,9-44,47-50,53-54H2,1-8H3;1-2,5-6H,(H,7,8)(H,9,10). The van der Waals surface area contributed by atoms with Crippen molar-refractivity contribution in [3.05, 3.63) is 35.4 Å². The average molecular weight is 1020 g/mol. The molecule has 0 saturated heterocycles. The fourth-order valence-corrected chi connectivity index (χ4v) is 10.7. The van der Waals surface area contributed by atoms with Crippen molar-refractivity contribution in [2.75, 3.05) is 0 Å². The molecule has 6 atom stereocenters. The molecule has 0 aliphatic heterocycles. The molecule has 0 saturated carbocycles. The number of nitrogens with zero attached hydrogens (tertiary/aromatic N) is 2. The van der Waals surface area contributed by atoms with Crippen molar-refractivity contribution < 1.29 is 30.0 Å². The van der Waals surface area contributed by atoms with E-state index in [9.17, 15) is 9.59 Å². The molecule has 0 spiro atoms. The van der Waals surface area contributed by atoms with Crippen LogP contribution in [0.15, 0.2) is 24.3 Å². The van der Waals surface area contributed by atoms with E-state index >= 15 is 0 Å². The van der Waals surface area contributed by atoms with Gasteiger partial charge in [-0.2, -0.15) is 0 Å². The van der Waals surface area contributed by atoms with Crippen LogP contribution in [-0.2, 0) is 22.7 Å². The third-order valence-electron chi connectivity index (χ3n) is 15.8. The van der Waals surface area contributed by atoms with Gasteiger partial charge in [-0.25, -0.2) is 9.59 Å². The summed E-state index contributed by atoms with van der Waals surface area (Å²) >= 11 is 0. The van der Waals surface area contributed by atoms with Gasteiger partial charge < -0.3 is 20.4 Å². The van der Waals surface area contributed by atoms with Crippen LogP contribution < -0.4 is 0 Å². The van der Waals surface area contributed by atoms with E-state index < -0.39 is 24.1 Å². The molecule has 8 heteroatoms. The topological polar surface area (TPSA) is 122 Å². The number of rotatable bonds is 51. The third kappa shape index (κ3) is 38.5. The van der Waals surface area contributed by atoms with Gasteiger partial charge in [-0.15, -0.1) is 0 Å². The Kier molecular flexibility index (Phi) is 48.5. The van der Waals surface area contributed by atoms with Crippen LogP contribution in [0.2, 0.25) is 0 Å². The van der Waals surface area contributed by atoms with Crippen LogP contribution in [0, 0.1) is 0 Å². The highest BCUT2D eigenvalue weighted by atomic mass is 16.4. The zero-order valence-corrected chi connectivity index (χ0v) is 49.0. The van der Waals surface area contributed by atoms with Crippen LogP contribution >= 0.6 is 0 Å². The molecule has 1 aromatic rings. The SMILES string of the molecule is CCCCCCCCCCCC(C)N(Cc1ccccc1CN(C(C)CCCCCCCCCCC)C(C)CCCCCCCCCCC)C(C)CCCCCCCCCCC.O=C(O)C(O)C(O)C(=O)O. The zero-order chi connectivity index (χ0) is 53.5. The lowest BCUT2D eigenvalue weighted by atomic mass is 9.97. The first-order valence-corrected chi connectivity index (χ1v) is 31.3. The van der Waals surface area contributed by atoms with Gasteiger partial charge in [-0.3, -0.25) is 9.80 Å². The summed E-state index contributed by atoms with van der Waals surface area (Å²) in [4.78, 5) is 25.5. The van der Waals surface area contributed by atoms with E-state index in [1.165, 1.54) is 257 Å². The number of aliphatic hydroxyl groups is 2. The van der Waals surface area contributed by atoms with Gasteiger partial charge in [-0.1, -0.05) is 283 Å². The van der Waals surface area contributed by atoms with Crippen LogP contribution in [0.25, 0.3) is 0 Å². The predicted octanol–water partition coefficient (Wildman–Crippen LogP) is 18.4. The van der Waals surface area contributed by atoms with Crippen LogP contribution in [0.3, 0.4) is 0 Å². The zero-order valence-electron chi connectivity index (χ0n) is 49.0. The first-order chi connectivity index (χ1) is 34.9. The Bertz CT molecular complexity index is 1190. The molecule has 0 radical (unpaired) electrons. The van der Waals surface area contributed by atoms with E-state index in [0.717, 1.165) is 13.1 Å². The first-order valence-electron chi connectivity index (χ1n) is 31.3. The molecule has 4 N–H and O–H groups in total. The van der Waals surface area contributed by atoms with E-state index in [4.69, 9.17) is 20.4 Å². The molecule has 6 unspecified atom stereocenters. The second-order valence-electron chi connectivity index (χ2n) is 22.5. The van der Waals surface area contributed by atoms with Crippen LogP contribution in [0.5, 0.6) is 0 Å². The lowest BCUT2D eigenvalue weighted by molar-refractivity contribution is -0.165. The van der Waals surface area contributed by atoms with Gasteiger partial charge in [0.15, 0.2) is 12.2 Å². The van der Waals surface area contributed by atoms with Gasteiger partial charge in [0.1, 0.15) is 0 Å². The van der Waals surface area contributed by atoms with E-state index in [1.54, 1.807) is 11.1 Å². The van der Waals surface area contributed by atoms with Crippen molar-refractivity contribution in [3.63, 3.8) is 0 Å². The van der Waals surface area contributed by atoms with Crippen molar-refractivity contribution in [2.24, 2.45) is 0 Å². The molecule has 8 nitrogen and oxygen atoms in total. The summed E-state index contributed by atoms with van der Waals surface area (Å²) in [6, 6.07) is 12.2. The van der Waals surface area contributed by atoms with E-state index in [-0.39, 0.29) is 0 Å². The molecule has 424 valence electrons. The molecule has 1 rings (SSSR count). The lowest BCUT2D eigenvalue weighted by Crippen LogP contribution is -2.41. The minimum Gasteiger partial charge on any atom is -0.479 e. The number of carboxylic acid groups (broad SMARTS) is 2. The molecule has 0 bridgehead atoms. The Balaban J connectivity index is 0.00000451.